The summed E-state index contributed by atoms with van der Waals surface area (Å²) in [5.41, 5.74) is 2.35. The first-order valence-electron chi connectivity index (χ1n) is 8.64. The van der Waals surface area contributed by atoms with Crippen LogP contribution in [-0.4, -0.2) is 28.4 Å². The third-order valence-electron chi connectivity index (χ3n) is 5.02. The number of hydrogen-bond donors (Lipinski definition) is 0. The highest BCUT2D eigenvalue weighted by molar-refractivity contribution is 6.42. The summed E-state index contributed by atoms with van der Waals surface area (Å²) in [5, 5.41) is 1.16. The Hall–Kier alpha value is -1.55. The van der Waals surface area contributed by atoms with Gasteiger partial charge < -0.3 is 4.90 Å². The van der Waals surface area contributed by atoms with Crippen LogP contribution in [0.2, 0.25) is 10.0 Å². The van der Waals surface area contributed by atoms with Crippen molar-refractivity contribution in [2.75, 3.05) is 6.67 Å². The summed E-state index contributed by atoms with van der Waals surface area (Å²) in [6.07, 6.45) is 2.99. The zero-order valence-corrected chi connectivity index (χ0v) is 15.4. The van der Waals surface area contributed by atoms with Gasteiger partial charge in [-0.1, -0.05) is 59.6 Å². The van der Waals surface area contributed by atoms with E-state index in [1.54, 1.807) is 0 Å². The van der Waals surface area contributed by atoms with Crippen molar-refractivity contribution in [1.29, 1.82) is 0 Å². The summed E-state index contributed by atoms with van der Waals surface area (Å²) >= 11 is 12.2. The molecule has 0 spiro atoms. The lowest BCUT2D eigenvalue weighted by Crippen LogP contribution is -2.51. The molecule has 130 valence electrons. The van der Waals surface area contributed by atoms with Gasteiger partial charge in [0.05, 0.1) is 29.2 Å². The first-order valence-corrected chi connectivity index (χ1v) is 9.40. The second-order valence-corrected chi connectivity index (χ2v) is 7.68. The third kappa shape index (κ3) is 3.69. The maximum absolute atomic E-state index is 12.2. The molecule has 3 nitrogen and oxygen atoms in total. The Morgan fingerprint density at radius 3 is 2.44 bits per heavy atom. The van der Waals surface area contributed by atoms with E-state index in [9.17, 15) is 4.79 Å². The van der Waals surface area contributed by atoms with Crippen LogP contribution < -0.4 is 0 Å². The minimum absolute atomic E-state index is 0.198. The molecule has 1 saturated carbocycles. The van der Waals surface area contributed by atoms with Crippen LogP contribution in [0, 0.1) is 0 Å². The lowest BCUT2D eigenvalue weighted by atomic mass is 9.94. The van der Waals surface area contributed by atoms with Gasteiger partial charge in [0, 0.05) is 12.6 Å². The second kappa shape index (κ2) is 6.99. The SMILES string of the molecule is O=C1C[C@H](c2ccccc2)N1CN(Cc1ccc(Cl)c(Cl)c1)C1CC1. The van der Waals surface area contributed by atoms with E-state index in [1.165, 1.54) is 18.4 Å². The Kier molecular flexibility index (Phi) is 4.72. The van der Waals surface area contributed by atoms with Crippen molar-refractivity contribution < 1.29 is 4.79 Å². The number of carbonyl (C=O) groups excluding carboxylic acids is 1. The molecule has 2 aromatic carbocycles. The molecule has 0 radical (unpaired) electrons. The molecule has 2 fully saturated rings. The molecular formula is C20H20Cl2N2O. The molecule has 0 bridgehead atoms. The summed E-state index contributed by atoms with van der Waals surface area (Å²) < 4.78 is 0. The first kappa shape index (κ1) is 16.9. The number of nitrogens with zero attached hydrogens (tertiary/aromatic N) is 2. The van der Waals surface area contributed by atoms with Gasteiger partial charge in [-0.25, -0.2) is 0 Å². The zero-order valence-electron chi connectivity index (χ0n) is 13.9. The lowest BCUT2D eigenvalue weighted by Gasteiger charge is -2.43. The first-order chi connectivity index (χ1) is 12.1. The van der Waals surface area contributed by atoms with Crippen LogP contribution >= 0.6 is 23.2 Å². The predicted octanol–water partition coefficient (Wildman–Crippen LogP) is 4.89. The van der Waals surface area contributed by atoms with Gasteiger partial charge in [0.1, 0.15) is 0 Å². The van der Waals surface area contributed by atoms with Gasteiger partial charge in [-0.15, -0.1) is 0 Å². The number of rotatable bonds is 6. The van der Waals surface area contributed by atoms with E-state index in [0.717, 1.165) is 12.1 Å². The minimum atomic E-state index is 0.198. The number of hydrogen-bond acceptors (Lipinski definition) is 2. The summed E-state index contributed by atoms with van der Waals surface area (Å²) in [6, 6.07) is 16.8. The van der Waals surface area contributed by atoms with Gasteiger partial charge >= 0.3 is 0 Å². The summed E-state index contributed by atoms with van der Waals surface area (Å²) in [5.74, 6) is 0.230. The van der Waals surface area contributed by atoms with Crippen LogP contribution in [0.25, 0.3) is 0 Å². The van der Waals surface area contributed by atoms with Crippen molar-refractivity contribution in [2.45, 2.75) is 37.9 Å². The Bertz CT molecular complexity index is 777. The molecule has 25 heavy (non-hydrogen) atoms. The molecule has 1 amide bonds. The zero-order chi connectivity index (χ0) is 17.4. The van der Waals surface area contributed by atoms with Crippen LogP contribution in [0.1, 0.15) is 36.4 Å². The molecule has 0 aromatic heterocycles. The number of carbonyl (C=O) groups is 1. The Balaban J connectivity index is 1.48. The average molecular weight is 375 g/mol. The van der Waals surface area contributed by atoms with Crippen LogP contribution in [-0.2, 0) is 11.3 Å². The molecule has 5 heteroatoms. The molecule has 1 aliphatic carbocycles. The Labute approximate surface area is 158 Å². The number of likely N-dealkylation sites (tertiary alicyclic amines) is 1. The fourth-order valence-electron chi connectivity index (χ4n) is 3.41. The lowest BCUT2D eigenvalue weighted by molar-refractivity contribution is -0.150. The van der Waals surface area contributed by atoms with E-state index in [4.69, 9.17) is 23.2 Å². The van der Waals surface area contributed by atoms with Crippen molar-refractivity contribution in [3.05, 3.63) is 69.7 Å². The van der Waals surface area contributed by atoms with Crippen molar-refractivity contribution in [1.82, 2.24) is 9.80 Å². The van der Waals surface area contributed by atoms with Gasteiger partial charge in [-0.2, -0.15) is 0 Å². The fraction of sp³-hybridized carbons (Fsp3) is 0.350. The summed E-state index contributed by atoms with van der Waals surface area (Å²) in [4.78, 5) is 16.6. The van der Waals surface area contributed by atoms with Crippen LogP contribution in [0.3, 0.4) is 0 Å². The number of amides is 1. The van der Waals surface area contributed by atoms with Gasteiger partial charge in [-0.3, -0.25) is 9.69 Å². The molecule has 1 atom stereocenters. The highest BCUT2D eigenvalue weighted by Crippen LogP contribution is 2.37. The fourth-order valence-corrected chi connectivity index (χ4v) is 3.73. The third-order valence-corrected chi connectivity index (χ3v) is 5.75. The van der Waals surface area contributed by atoms with E-state index in [2.05, 4.69) is 17.0 Å². The second-order valence-electron chi connectivity index (χ2n) is 6.86. The van der Waals surface area contributed by atoms with Crippen molar-refractivity contribution in [3.8, 4) is 0 Å². The molecule has 2 aliphatic rings. The number of halogens is 2. The highest BCUT2D eigenvalue weighted by Gasteiger charge is 2.40. The largest absolute Gasteiger partial charge is 0.322 e. The molecule has 0 N–H and O–H groups in total. The van der Waals surface area contributed by atoms with Gasteiger partial charge in [-0.05, 0) is 36.1 Å². The summed E-state index contributed by atoms with van der Waals surface area (Å²) in [7, 11) is 0. The van der Waals surface area contributed by atoms with Crippen molar-refractivity contribution in [2.24, 2.45) is 0 Å². The topological polar surface area (TPSA) is 23.6 Å². The van der Waals surface area contributed by atoms with E-state index in [0.29, 0.717) is 29.2 Å². The van der Waals surface area contributed by atoms with E-state index in [-0.39, 0.29) is 11.9 Å². The summed E-state index contributed by atoms with van der Waals surface area (Å²) in [6.45, 7) is 1.45. The standard InChI is InChI=1S/C20H20Cl2N2O/c21-17-9-6-14(10-18(17)22)12-23(16-7-8-16)13-24-19(11-20(24)25)15-4-2-1-3-5-15/h1-6,9-10,16,19H,7-8,11-13H2/t19-/m1/s1. The Morgan fingerprint density at radius 1 is 1.04 bits per heavy atom. The average Bonchev–Trinajstić information content (AvgIpc) is 3.45. The van der Waals surface area contributed by atoms with Crippen LogP contribution in [0.4, 0.5) is 0 Å². The van der Waals surface area contributed by atoms with Crippen molar-refractivity contribution in [3.63, 3.8) is 0 Å². The van der Waals surface area contributed by atoms with E-state index >= 15 is 0 Å². The minimum Gasteiger partial charge on any atom is -0.322 e. The van der Waals surface area contributed by atoms with Crippen molar-refractivity contribution >= 4 is 29.1 Å². The molecule has 1 saturated heterocycles. The quantitative estimate of drug-likeness (QED) is 0.672. The van der Waals surface area contributed by atoms with E-state index < -0.39 is 0 Å². The molecule has 1 heterocycles. The molecular weight excluding hydrogens is 355 g/mol. The molecule has 2 aromatic rings. The number of benzene rings is 2. The highest BCUT2D eigenvalue weighted by atomic mass is 35.5. The molecule has 1 aliphatic heterocycles. The molecule has 0 unspecified atom stereocenters. The van der Waals surface area contributed by atoms with Gasteiger partial charge in [0.2, 0.25) is 5.91 Å². The number of β-lactam (4-membered cyclic amide) rings is 1. The smallest absolute Gasteiger partial charge is 0.226 e. The monoisotopic (exact) mass is 374 g/mol. The molecule has 4 rings (SSSR count). The maximum Gasteiger partial charge on any atom is 0.226 e. The Morgan fingerprint density at radius 2 is 1.80 bits per heavy atom. The normalized spacial score (nSPS) is 20.0. The van der Waals surface area contributed by atoms with Crippen LogP contribution in [0.5, 0.6) is 0 Å². The predicted molar refractivity (Wildman–Crippen MR) is 101 cm³/mol. The van der Waals surface area contributed by atoms with E-state index in [1.807, 2.05) is 41.3 Å². The van der Waals surface area contributed by atoms with Gasteiger partial charge in [0.25, 0.3) is 0 Å². The maximum atomic E-state index is 12.2. The van der Waals surface area contributed by atoms with Crippen LogP contribution in [0.15, 0.2) is 48.5 Å². The van der Waals surface area contributed by atoms with Gasteiger partial charge in [0.15, 0.2) is 0 Å².